The van der Waals surface area contributed by atoms with Crippen molar-refractivity contribution in [3.05, 3.63) is 242 Å². The number of benzene rings is 10. The molecule has 0 fully saturated rings. The molecule has 0 saturated carbocycles. The topological polar surface area (TPSA) is 21.3 Å². The quantitative estimate of drug-likeness (QED) is 0.152. The van der Waals surface area contributed by atoms with Gasteiger partial charge in [0.2, 0.25) is 0 Å². The van der Waals surface area contributed by atoms with Gasteiger partial charge in [0.15, 0.2) is 0 Å². The fourth-order valence-corrected chi connectivity index (χ4v) is 9.79. The molecule has 0 bridgehead atoms. The highest BCUT2D eigenvalue weighted by atomic mass is 16.3. The first-order chi connectivity index (χ1) is 31.7. The summed E-state index contributed by atoms with van der Waals surface area (Å²) >= 11 is 0. The standard InChI is InChI=1S/C61H42N2O/c1-41-37-45(33-35-48(41)42-19-5-2-6-20-42)62(46-34-36-49(43-21-7-3-8-22-43)54(38-46)44-23-9-4-10-24-44)47-39-55(61-56(40-47)53-28-14-18-32-60(53)64-61)52-27-13-17-31-59(52)63-57-29-15-11-25-50(57)51-26-12-16-30-58(51)63/h2-40H,1H3. The smallest absolute Gasteiger partial charge is 0.143 e. The van der Waals surface area contributed by atoms with Crippen LogP contribution >= 0.6 is 0 Å². The molecule has 2 heterocycles. The van der Waals surface area contributed by atoms with Crippen molar-refractivity contribution in [2.75, 3.05) is 4.90 Å². The lowest BCUT2D eigenvalue weighted by atomic mass is 9.93. The molecule has 12 aromatic rings. The van der Waals surface area contributed by atoms with E-state index in [1.807, 2.05) is 0 Å². The van der Waals surface area contributed by atoms with Gasteiger partial charge in [0.05, 0.1) is 16.7 Å². The van der Waals surface area contributed by atoms with Crippen LogP contribution in [0.5, 0.6) is 0 Å². The maximum atomic E-state index is 6.93. The first-order valence-corrected chi connectivity index (χ1v) is 21.9. The van der Waals surface area contributed by atoms with Gasteiger partial charge in [0.1, 0.15) is 11.2 Å². The van der Waals surface area contributed by atoms with Gasteiger partial charge in [0, 0.05) is 49.7 Å². The van der Waals surface area contributed by atoms with Crippen LogP contribution in [0.4, 0.5) is 17.1 Å². The lowest BCUT2D eigenvalue weighted by Gasteiger charge is -2.28. The fourth-order valence-electron chi connectivity index (χ4n) is 9.79. The number of fused-ring (bicyclic) bond motifs is 6. The second-order valence-electron chi connectivity index (χ2n) is 16.5. The van der Waals surface area contributed by atoms with Crippen molar-refractivity contribution in [3.8, 4) is 50.2 Å². The summed E-state index contributed by atoms with van der Waals surface area (Å²) in [5, 5.41) is 4.59. The normalized spacial score (nSPS) is 11.5. The van der Waals surface area contributed by atoms with Crippen LogP contribution in [0, 0.1) is 6.92 Å². The summed E-state index contributed by atoms with van der Waals surface area (Å²) in [5.41, 5.74) is 18.7. The Balaban J connectivity index is 1.15. The van der Waals surface area contributed by atoms with E-state index >= 15 is 0 Å². The second kappa shape index (κ2) is 15.5. The maximum absolute atomic E-state index is 6.93. The van der Waals surface area contributed by atoms with Gasteiger partial charge in [-0.1, -0.05) is 176 Å². The zero-order valence-electron chi connectivity index (χ0n) is 35.3. The van der Waals surface area contributed by atoms with E-state index in [1.54, 1.807) is 0 Å². The van der Waals surface area contributed by atoms with Crippen molar-refractivity contribution in [2.24, 2.45) is 0 Å². The number of hydrogen-bond donors (Lipinski definition) is 0. The van der Waals surface area contributed by atoms with Crippen molar-refractivity contribution in [3.63, 3.8) is 0 Å². The van der Waals surface area contributed by atoms with Crippen LogP contribution in [0.1, 0.15) is 5.56 Å². The first-order valence-electron chi connectivity index (χ1n) is 21.9. The molecule has 0 N–H and O–H groups in total. The number of para-hydroxylation sites is 4. The van der Waals surface area contributed by atoms with Crippen LogP contribution in [-0.4, -0.2) is 4.57 Å². The van der Waals surface area contributed by atoms with E-state index in [0.29, 0.717) is 0 Å². The van der Waals surface area contributed by atoms with Crippen LogP contribution in [0.25, 0.3) is 93.9 Å². The number of hydrogen-bond acceptors (Lipinski definition) is 2. The minimum absolute atomic E-state index is 0.859. The molecule has 3 heteroatoms. The molecule has 0 spiro atoms. The summed E-state index contributed by atoms with van der Waals surface area (Å²) in [6.07, 6.45) is 0. The monoisotopic (exact) mass is 818 g/mol. The summed E-state index contributed by atoms with van der Waals surface area (Å²) < 4.78 is 9.34. The van der Waals surface area contributed by atoms with Gasteiger partial charge in [-0.15, -0.1) is 0 Å². The Labute approximate surface area is 372 Å². The molecule has 0 amide bonds. The van der Waals surface area contributed by atoms with Crippen molar-refractivity contribution >= 4 is 60.8 Å². The summed E-state index contributed by atoms with van der Waals surface area (Å²) in [4.78, 5) is 2.43. The first kappa shape index (κ1) is 37.4. The third-order valence-corrected chi connectivity index (χ3v) is 12.7. The Morgan fingerprint density at radius 3 is 1.50 bits per heavy atom. The van der Waals surface area contributed by atoms with E-state index in [-0.39, 0.29) is 0 Å². The molecule has 2 aromatic heterocycles. The summed E-state index contributed by atoms with van der Waals surface area (Å²) in [6, 6.07) is 85.2. The lowest BCUT2D eigenvalue weighted by molar-refractivity contribution is 0.670. The predicted molar refractivity (Wildman–Crippen MR) is 269 cm³/mol. The largest absolute Gasteiger partial charge is 0.455 e. The molecular formula is C61H42N2O. The molecule has 12 rings (SSSR count). The highest BCUT2D eigenvalue weighted by molar-refractivity contribution is 6.14. The molecule has 3 nitrogen and oxygen atoms in total. The Bertz CT molecular complexity index is 3620. The van der Waals surface area contributed by atoms with Gasteiger partial charge in [0.25, 0.3) is 0 Å². The zero-order valence-corrected chi connectivity index (χ0v) is 35.3. The van der Waals surface area contributed by atoms with E-state index in [2.05, 4.69) is 253 Å². The SMILES string of the molecule is Cc1cc(N(c2ccc(-c3ccccc3)c(-c3ccccc3)c2)c2cc(-c3ccccc3-n3c4ccccc4c4ccccc43)c3oc4ccccc4c3c2)ccc1-c1ccccc1. The number of anilines is 3. The van der Waals surface area contributed by atoms with E-state index in [9.17, 15) is 0 Å². The molecule has 0 atom stereocenters. The zero-order chi connectivity index (χ0) is 42.6. The molecule has 302 valence electrons. The Hall–Kier alpha value is -8.40. The number of rotatable bonds is 8. The molecule has 0 saturated heterocycles. The van der Waals surface area contributed by atoms with Crippen LogP contribution in [0.2, 0.25) is 0 Å². The number of furan rings is 1. The van der Waals surface area contributed by atoms with Crippen LogP contribution < -0.4 is 4.90 Å². The Morgan fingerprint density at radius 2 is 0.844 bits per heavy atom. The average Bonchev–Trinajstić information content (AvgIpc) is 3.91. The van der Waals surface area contributed by atoms with E-state index in [4.69, 9.17) is 4.42 Å². The van der Waals surface area contributed by atoms with Crippen LogP contribution in [0.3, 0.4) is 0 Å². The van der Waals surface area contributed by atoms with E-state index in [1.165, 1.54) is 44.2 Å². The third kappa shape index (κ3) is 6.29. The van der Waals surface area contributed by atoms with Crippen LogP contribution in [-0.2, 0) is 0 Å². The fraction of sp³-hybridized carbons (Fsp3) is 0.0164. The molecule has 0 unspecified atom stereocenters. The Kier molecular flexibility index (Phi) is 9.05. The lowest BCUT2D eigenvalue weighted by Crippen LogP contribution is -2.11. The second-order valence-corrected chi connectivity index (χ2v) is 16.5. The highest BCUT2D eigenvalue weighted by Gasteiger charge is 2.24. The number of aryl methyl sites for hydroxylation is 1. The third-order valence-electron chi connectivity index (χ3n) is 12.7. The molecule has 0 aliphatic carbocycles. The summed E-state index contributed by atoms with van der Waals surface area (Å²) in [5.74, 6) is 0. The molecular weight excluding hydrogens is 777 g/mol. The van der Waals surface area contributed by atoms with Gasteiger partial charge < -0.3 is 13.9 Å². The van der Waals surface area contributed by atoms with Crippen molar-refractivity contribution in [2.45, 2.75) is 6.92 Å². The van der Waals surface area contributed by atoms with Gasteiger partial charge in [-0.2, -0.15) is 0 Å². The molecule has 0 radical (unpaired) electrons. The van der Waals surface area contributed by atoms with Crippen molar-refractivity contribution < 1.29 is 4.42 Å². The molecule has 10 aromatic carbocycles. The van der Waals surface area contributed by atoms with E-state index < -0.39 is 0 Å². The highest BCUT2D eigenvalue weighted by Crippen LogP contribution is 2.47. The van der Waals surface area contributed by atoms with Crippen molar-refractivity contribution in [1.29, 1.82) is 0 Å². The molecule has 0 aliphatic heterocycles. The van der Waals surface area contributed by atoms with Crippen LogP contribution in [0.15, 0.2) is 241 Å². The minimum Gasteiger partial charge on any atom is -0.455 e. The Morgan fingerprint density at radius 1 is 0.344 bits per heavy atom. The number of aromatic nitrogens is 1. The average molecular weight is 819 g/mol. The summed E-state index contributed by atoms with van der Waals surface area (Å²) in [7, 11) is 0. The van der Waals surface area contributed by atoms with Gasteiger partial charge in [-0.25, -0.2) is 0 Å². The van der Waals surface area contributed by atoms with Gasteiger partial charge in [-0.3, -0.25) is 0 Å². The number of nitrogens with zero attached hydrogens (tertiary/aromatic N) is 2. The minimum atomic E-state index is 0.859. The predicted octanol–water partition coefficient (Wildman–Crippen LogP) is 17.1. The van der Waals surface area contributed by atoms with Crippen molar-refractivity contribution in [1.82, 2.24) is 4.57 Å². The maximum Gasteiger partial charge on any atom is 0.143 e. The summed E-state index contributed by atoms with van der Waals surface area (Å²) in [6.45, 7) is 2.22. The van der Waals surface area contributed by atoms with Gasteiger partial charge in [-0.05, 0) is 107 Å². The van der Waals surface area contributed by atoms with E-state index in [0.717, 1.165) is 72.4 Å². The van der Waals surface area contributed by atoms with Gasteiger partial charge >= 0.3 is 0 Å². The molecule has 0 aliphatic rings. The molecule has 64 heavy (non-hydrogen) atoms.